The topological polar surface area (TPSA) is 175 Å². The minimum Gasteiger partial charge on any atom is -0.477 e. The smallest absolute Gasteiger partial charge is 0.373 e. The van der Waals surface area contributed by atoms with Crippen LogP contribution in [0.3, 0.4) is 0 Å². The summed E-state index contributed by atoms with van der Waals surface area (Å²) in [7, 11) is -5.43. The van der Waals surface area contributed by atoms with Crippen LogP contribution < -0.4 is 5.32 Å². The molecule has 2 unspecified atom stereocenters. The molecule has 1 aromatic heterocycles. The van der Waals surface area contributed by atoms with Crippen molar-refractivity contribution in [3.05, 3.63) is 11.3 Å². The van der Waals surface area contributed by atoms with Crippen LogP contribution in [0.15, 0.2) is 16.4 Å². The van der Waals surface area contributed by atoms with Gasteiger partial charge in [0.25, 0.3) is 5.91 Å². The summed E-state index contributed by atoms with van der Waals surface area (Å²) in [5, 5.41) is 19.0. The maximum Gasteiger partial charge on any atom is 0.373 e. The molecular formula is C14H15F3N6O6S3. The van der Waals surface area contributed by atoms with Gasteiger partial charge in [0.1, 0.15) is 22.9 Å². The molecule has 18 heteroatoms. The number of hydrogen-bond donors (Lipinski definition) is 3. The molecular weight excluding hydrogens is 501 g/mol. The minimum absolute atomic E-state index is 0.149. The number of carboxylic acid groups (broad SMARTS) is 1. The Labute approximate surface area is 186 Å². The molecule has 0 saturated carbocycles. The van der Waals surface area contributed by atoms with Gasteiger partial charge in [0.15, 0.2) is 6.67 Å². The van der Waals surface area contributed by atoms with E-state index >= 15 is 0 Å². The molecule has 2 aliphatic heterocycles. The first-order valence-corrected chi connectivity index (χ1v) is 12.2. The van der Waals surface area contributed by atoms with E-state index in [9.17, 15) is 41.1 Å². The molecule has 2 amide bonds. The first kappa shape index (κ1) is 24.3. The van der Waals surface area contributed by atoms with Crippen LogP contribution in [0.5, 0.6) is 0 Å². The van der Waals surface area contributed by atoms with Gasteiger partial charge in [-0.15, -0.1) is 16.9 Å². The summed E-state index contributed by atoms with van der Waals surface area (Å²) >= 11 is 2.23. The van der Waals surface area contributed by atoms with Gasteiger partial charge in [0.05, 0.1) is 0 Å². The molecule has 3 rings (SSSR count). The third-order valence-electron chi connectivity index (χ3n) is 4.55. The molecule has 3 N–H and O–H groups in total. The van der Waals surface area contributed by atoms with Gasteiger partial charge in [-0.05, 0) is 22.9 Å². The molecule has 12 nitrogen and oxygen atoms in total. The number of β-lactam (4-membered cyclic amide) rings is 1. The van der Waals surface area contributed by atoms with Crippen molar-refractivity contribution in [2.75, 3.05) is 18.2 Å². The van der Waals surface area contributed by atoms with Crippen molar-refractivity contribution < 1.29 is 41.1 Å². The number of H-pyrrole nitrogens is 1. The van der Waals surface area contributed by atoms with E-state index in [4.69, 9.17) is 0 Å². The van der Waals surface area contributed by atoms with E-state index in [1.165, 1.54) is 0 Å². The number of rotatable bonds is 9. The average Bonchev–Trinajstić information content (AvgIpc) is 3.23. The predicted molar refractivity (Wildman–Crippen MR) is 104 cm³/mol. The number of hydrogen-bond acceptors (Lipinski definition) is 10. The Morgan fingerprint density at radius 2 is 2.16 bits per heavy atom. The third-order valence-corrected chi connectivity index (χ3v) is 8.55. The molecule has 3 atom stereocenters. The summed E-state index contributed by atoms with van der Waals surface area (Å²) in [4.78, 5) is 37.3. The number of carbonyl (C=O) groups excluding carboxylic acids is 2. The molecule has 1 saturated heterocycles. The summed E-state index contributed by atoms with van der Waals surface area (Å²) in [5.41, 5.74) is 0.0942. The fraction of sp³-hybridized carbons (Fsp3) is 0.571. The number of thioether (sulfide) groups is 2. The summed E-state index contributed by atoms with van der Waals surface area (Å²) in [6.07, 6.45) is 0. The number of aromatic nitrogens is 4. The monoisotopic (exact) mass is 516 g/mol. The maximum absolute atomic E-state index is 13.2. The molecule has 0 bridgehead atoms. The largest absolute Gasteiger partial charge is 0.477 e. The lowest BCUT2D eigenvalue weighted by molar-refractivity contribution is -0.150. The Bertz CT molecular complexity index is 1070. The van der Waals surface area contributed by atoms with Crippen molar-refractivity contribution in [3.63, 3.8) is 0 Å². The number of fused-ring (bicyclic) bond motifs is 1. The van der Waals surface area contributed by atoms with Crippen molar-refractivity contribution in [1.29, 1.82) is 0 Å². The van der Waals surface area contributed by atoms with E-state index in [2.05, 4.69) is 20.6 Å². The van der Waals surface area contributed by atoms with Crippen LogP contribution in [-0.4, -0.2) is 96.9 Å². The van der Waals surface area contributed by atoms with Crippen LogP contribution in [0.4, 0.5) is 13.2 Å². The van der Waals surface area contributed by atoms with Gasteiger partial charge in [-0.2, -0.15) is 8.78 Å². The van der Waals surface area contributed by atoms with Crippen LogP contribution in [0, 0.1) is 0 Å². The fourth-order valence-electron chi connectivity index (χ4n) is 2.97. The quantitative estimate of drug-likeness (QED) is 0.282. The predicted octanol–water partition coefficient (Wildman–Crippen LogP) is -0.604. The Morgan fingerprint density at radius 3 is 2.72 bits per heavy atom. The highest BCUT2D eigenvalue weighted by Crippen LogP contribution is 2.43. The highest BCUT2D eigenvalue weighted by molar-refractivity contribution is 8.01. The zero-order valence-electron chi connectivity index (χ0n) is 16.0. The molecule has 0 aromatic carbocycles. The zero-order valence-corrected chi connectivity index (χ0v) is 18.4. The van der Waals surface area contributed by atoms with E-state index < -0.39 is 62.0 Å². The molecule has 2 aliphatic rings. The summed E-state index contributed by atoms with van der Waals surface area (Å²) in [6.45, 7) is -0.807. The van der Waals surface area contributed by atoms with Crippen LogP contribution in [-0.2, 0) is 24.2 Å². The molecule has 0 radical (unpaired) electrons. The lowest BCUT2D eigenvalue weighted by Crippen LogP contribution is -2.71. The second-order valence-corrected chi connectivity index (χ2v) is 11.2. The molecule has 1 fully saturated rings. The van der Waals surface area contributed by atoms with Gasteiger partial charge in [-0.1, -0.05) is 11.8 Å². The van der Waals surface area contributed by atoms with Crippen LogP contribution in [0.2, 0.25) is 0 Å². The number of sulfone groups is 1. The second-order valence-electron chi connectivity index (χ2n) is 6.63. The Hall–Kier alpha value is -2.34. The summed E-state index contributed by atoms with van der Waals surface area (Å²) < 4.78 is 61.5. The number of tetrazole rings is 1. The van der Waals surface area contributed by atoms with Crippen LogP contribution in [0.25, 0.3) is 0 Å². The fourth-order valence-corrected chi connectivity index (χ4v) is 6.20. The van der Waals surface area contributed by atoms with Crippen molar-refractivity contribution in [2.45, 2.75) is 34.0 Å². The van der Waals surface area contributed by atoms with Gasteiger partial charge >= 0.3 is 11.2 Å². The Balaban J connectivity index is 1.74. The molecule has 0 aliphatic carbocycles. The number of nitrogens with zero attached hydrogens (tertiary/aromatic N) is 4. The van der Waals surface area contributed by atoms with Gasteiger partial charge < -0.3 is 10.4 Å². The highest BCUT2D eigenvalue weighted by atomic mass is 32.2. The Kier molecular flexibility index (Phi) is 6.75. The summed E-state index contributed by atoms with van der Waals surface area (Å²) in [5.74, 6) is -5.24. The van der Waals surface area contributed by atoms with E-state index in [1.54, 1.807) is 6.92 Å². The number of halogens is 3. The SMILES string of the molecule is CC(Sc1nnn[nH]1)C1=C(C(=O)O)N2C(=O)C(NC(=O)CS(=O)(=O)C(F)(F)CF)[C@@H]2SC1. The number of carboxylic acids is 1. The Morgan fingerprint density at radius 1 is 1.47 bits per heavy atom. The lowest BCUT2D eigenvalue weighted by atomic mass is 10.0. The number of aromatic amines is 1. The zero-order chi connectivity index (χ0) is 23.8. The number of aliphatic carboxylic acids is 1. The second kappa shape index (κ2) is 8.89. The number of amides is 2. The third kappa shape index (κ3) is 4.42. The normalized spacial score (nSPS) is 22.2. The van der Waals surface area contributed by atoms with Crippen molar-refractivity contribution in [1.82, 2.24) is 30.8 Å². The summed E-state index contributed by atoms with van der Waals surface area (Å²) in [6, 6.07) is -1.32. The first-order valence-electron chi connectivity index (χ1n) is 8.66. The van der Waals surface area contributed by atoms with Crippen LogP contribution >= 0.6 is 23.5 Å². The molecule has 3 heterocycles. The van der Waals surface area contributed by atoms with Gasteiger partial charge in [-0.3, -0.25) is 14.5 Å². The highest BCUT2D eigenvalue weighted by Gasteiger charge is 2.55. The molecule has 0 spiro atoms. The van der Waals surface area contributed by atoms with Gasteiger partial charge in [0, 0.05) is 11.0 Å². The lowest BCUT2D eigenvalue weighted by Gasteiger charge is -2.50. The molecule has 1 aromatic rings. The minimum atomic E-state index is -5.43. The molecule has 176 valence electrons. The van der Waals surface area contributed by atoms with E-state index in [-0.39, 0.29) is 11.4 Å². The number of alkyl halides is 3. The standard InChI is InChI=1S/C14H15F3N6O6S3/c1-5(31-13-19-21-22-20-13)6-2-30-11-8(10(25)23(11)9(6)12(26)27)18-7(24)3-32(28,29)14(16,17)4-15/h5,8,11H,2-4H2,1H3,(H,18,24)(H,26,27)(H,19,20,21,22)/t5?,8?,11-/m0/s1. The first-order chi connectivity index (χ1) is 14.9. The van der Waals surface area contributed by atoms with Crippen molar-refractivity contribution in [3.8, 4) is 0 Å². The van der Waals surface area contributed by atoms with E-state index in [1.807, 2.05) is 5.32 Å². The van der Waals surface area contributed by atoms with Crippen molar-refractivity contribution >= 4 is 51.1 Å². The average molecular weight is 517 g/mol. The van der Waals surface area contributed by atoms with Crippen molar-refractivity contribution in [2.24, 2.45) is 0 Å². The number of nitrogens with one attached hydrogen (secondary N) is 2. The number of carbonyl (C=O) groups is 3. The van der Waals surface area contributed by atoms with E-state index in [0.29, 0.717) is 10.7 Å². The van der Waals surface area contributed by atoms with Gasteiger partial charge in [-0.25, -0.2) is 22.7 Å². The molecule has 32 heavy (non-hydrogen) atoms. The maximum atomic E-state index is 13.2. The van der Waals surface area contributed by atoms with E-state index in [0.717, 1.165) is 28.4 Å². The van der Waals surface area contributed by atoms with Crippen LogP contribution in [0.1, 0.15) is 6.92 Å². The van der Waals surface area contributed by atoms with Gasteiger partial charge in [0.2, 0.25) is 20.9 Å².